The molecule has 2 N–H and O–H groups in total. The third kappa shape index (κ3) is 9.88. The second-order valence-electron chi connectivity index (χ2n) is 2.07. The van der Waals surface area contributed by atoms with Gasteiger partial charge >= 0.3 is 65.1 Å². The first kappa shape index (κ1) is 20.7. The minimum absolute atomic E-state index is 0. The summed E-state index contributed by atoms with van der Waals surface area (Å²) in [4.78, 5) is 10.0. The molecule has 0 saturated heterocycles. The van der Waals surface area contributed by atoms with E-state index in [0.29, 0.717) is 0 Å². The van der Waals surface area contributed by atoms with Gasteiger partial charge in [0.2, 0.25) is 0 Å². The Bertz CT molecular complexity index is 260. The van der Waals surface area contributed by atoms with Gasteiger partial charge in [-0.3, -0.25) is 4.18 Å². The van der Waals surface area contributed by atoms with Crippen LogP contribution in [0.1, 0.15) is 9.27 Å². The minimum Gasteiger partial charge on any atom is -1.00 e. The van der Waals surface area contributed by atoms with E-state index in [1.165, 1.54) is 0 Å². The van der Waals surface area contributed by atoms with Crippen LogP contribution in [0, 0.1) is 0 Å². The molecule has 0 aromatic rings. The molecular formula is C5H12Na2O6S. The van der Waals surface area contributed by atoms with Crippen LogP contribution >= 0.6 is 0 Å². The van der Waals surface area contributed by atoms with Crippen molar-refractivity contribution in [1.29, 1.82) is 0 Å². The van der Waals surface area contributed by atoms with E-state index in [4.69, 9.17) is 10.2 Å². The maximum absolute atomic E-state index is 10.6. The Morgan fingerprint density at radius 1 is 1.50 bits per heavy atom. The van der Waals surface area contributed by atoms with E-state index >= 15 is 0 Å². The van der Waals surface area contributed by atoms with Crippen molar-refractivity contribution in [3.8, 4) is 0 Å². The third-order valence-electron chi connectivity index (χ3n) is 1.18. The van der Waals surface area contributed by atoms with Crippen LogP contribution in [0.5, 0.6) is 0 Å². The van der Waals surface area contributed by atoms with Gasteiger partial charge in [0.05, 0.1) is 12.9 Å². The van der Waals surface area contributed by atoms with Gasteiger partial charge in [0, 0.05) is 6.42 Å². The minimum atomic E-state index is -3.67. The number of carbonyl (C=O) groups is 1. The number of aliphatic carboxylic acids is 1. The SMILES string of the molecule is COS(=O)(=O)CCC(O)C(=O)O.[H-].[H-].[Na+].[Na+]. The van der Waals surface area contributed by atoms with Crippen molar-refractivity contribution in [1.82, 2.24) is 0 Å². The standard InChI is InChI=1S/C5H10O6S.2Na.2H/c1-11-12(9,10)3-2-4(6)5(7)8;;;;/h4,6H,2-3H2,1H3,(H,7,8);;;;/q;2*+1;2*-1. The Kier molecular flexibility index (Phi) is 14.1. The Labute approximate surface area is 130 Å². The Hall–Kier alpha value is 1.34. The number of carboxylic acids is 1. The summed E-state index contributed by atoms with van der Waals surface area (Å²) in [5.41, 5.74) is 0. The average Bonchev–Trinajstić information content (AvgIpc) is 2.00. The van der Waals surface area contributed by atoms with Crippen LogP contribution < -0.4 is 59.1 Å². The molecule has 1 atom stereocenters. The third-order valence-corrected chi connectivity index (χ3v) is 2.42. The van der Waals surface area contributed by atoms with E-state index < -0.39 is 27.9 Å². The first-order chi connectivity index (χ1) is 5.39. The van der Waals surface area contributed by atoms with Crippen molar-refractivity contribution in [3.63, 3.8) is 0 Å². The summed E-state index contributed by atoms with van der Waals surface area (Å²) in [7, 11) is -2.70. The van der Waals surface area contributed by atoms with E-state index in [2.05, 4.69) is 4.18 Å². The molecule has 0 amide bonds. The monoisotopic (exact) mass is 246 g/mol. The predicted molar refractivity (Wildman–Crippen MR) is 41.3 cm³/mol. The molecule has 0 aliphatic heterocycles. The number of aliphatic hydroxyl groups is 1. The van der Waals surface area contributed by atoms with Crippen LogP contribution in [-0.4, -0.2) is 43.6 Å². The zero-order valence-corrected chi connectivity index (χ0v) is 13.2. The van der Waals surface area contributed by atoms with Crippen molar-refractivity contribution in [2.75, 3.05) is 12.9 Å². The van der Waals surface area contributed by atoms with Gasteiger partial charge in [-0.2, -0.15) is 8.42 Å². The summed E-state index contributed by atoms with van der Waals surface area (Å²) >= 11 is 0. The summed E-state index contributed by atoms with van der Waals surface area (Å²) in [5, 5.41) is 16.8. The Morgan fingerprint density at radius 3 is 2.21 bits per heavy atom. The average molecular weight is 246 g/mol. The van der Waals surface area contributed by atoms with Gasteiger partial charge < -0.3 is 13.1 Å². The second kappa shape index (κ2) is 9.56. The van der Waals surface area contributed by atoms with Crippen LogP contribution in [0.3, 0.4) is 0 Å². The molecule has 1 unspecified atom stereocenters. The molecule has 0 rings (SSSR count). The Morgan fingerprint density at radius 2 is 1.93 bits per heavy atom. The van der Waals surface area contributed by atoms with Gasteiger partial charge in [-0.25, -0.2) is 4.79 Å². The molecule has 0 radical (unpaired) electrons. The molecule has 6 nitrogen and oxygen atoms in total. The van der Waals surface area contributed by atoms with Gasteiger partial charge in [-0.1, -0.05) is 0 Å². The number of carboxylic acid groups (broad SMARTS) is 1. The van der Waals surface area contributed by atoms with Gasteiger partial charge in [0.15, 0.2) is 6.10 Å². The molecular weight excluding hydrogens is 234 g/mol. The van der Waals surface area contributed by atoms with Crippen molar-refractivity contribution in [3.05, 3.63) is 0 Å². The smallest absolute Gasteiger partial charge is 1.00 e. The second-order valence-corrected chi connectivity index (χ2v) is 3.93. The number of hydrogen-bond acceptors (Lipinski definition) is 5. The maximum Gasteiger partial charge on any atom is 1.00 e. The molecule has 0 fully saturated rings. The quantitative estimate of drug-likeness (QED) is 0.369. The van der Waals surface area contributed by atoms with Crippen LogP contribution in [-0.2, 0) is 19.1 Å². The van der Waals surface area contributed by atoms with E-state index in [1.54, 1.807) is 0 Å². The molecule has 0 aliphatic rings. The van der Waals surface area contributed by atoms with Crippen molar-refractivity contribution < 1.29 is 89.6 Å². The van der Waals surface area contributed by atoms with Crippen LogP contribution in [0.2, 0.25) is 0 Å². The van der Waals surface area contributed by atoms with E-state index in [0.717, 1.165) is 7.11 Å². The molecule has 76 valence electrons. The summed E-state index contributed by atoms with van der Waals surface area (Å²) in [6, 6.07) is 0. The predicted octanol–water partition coefficient (Wildman–Crippen LogP) is -6.97. The zero-order chi connectivity index (χ0) is 9.78. The summed E-state index contributed by atoms with van der Waals surface area (Å²) in [6.45, 7) is 0. The van der Waals surface area contributed by atoms with Crippen molar-refractivity contribution in [2.24, 2.45) is 0 Å². The van der Waals surface area contributed by atoms with Crippen LogP contribution in [0.25, 0.3) is 0 Å². The number of aliphatic hydroxyl groups excluding tert-OH is 1. The summed E-state index contributed by atoms with van der Waals surface area (Å²) in [6.07, 6.45) is -2.03. The largest absolute Gasteiger partial charge is 1.00 e. The molecule has 9 heteroatoms. The summed E-state index contributed by atoms with van der Waals surface area (Å²) in [5.74, 6) is -1.95. The van der Waals surface area contributed by atoms with Crippen molar-refractivity contribution in [2.45, 2.75) is 12.5 Å². The topological polar surface area (TPSA) is 101 Å². The Balaban J connectivity index is -0.000000101. The molecule has 0 saturated carbocycles. The fraction of sp³-hybridized carbons (Fsp3) is 0.800. The molecule has 0 aliphatic carbocycles. The molecule has 0 aromatic carbocycles. The van der Waals surface area contributed by atoms with Crippen LogP contribution in [0.15, 0.2) is 0 Å². The fourth-order valence-corrected chi connectivity index (χ4v) is 1.14. The molecule has 0 bridgehead atoms. The van der Waals surface area contributed by atoms with Gasteiger partial charge in [-0.15, -0.1) is 0 Å². The molecule has 0 heterocycles. The normalized spacial score (nSPS) is 12.1. The van der Waals surface area contributed by atoms with Crippen molar-refractivity contribution >= 4 is 16.1 Å². The first-order valence-corrected chi connectivity index (χ1v) is 4.66. The zero-order valence-electron chi connectivity index (χ0n) is 10.4. The summed E-state index contributed by atoms with van der Waals surface area (Å²) < 4.78 is 25.2. The molecule has 14 heavy (non-hydrogen) atoms. The van der Waals surface area contributed by atoms with Gasteiger partial charge in [0.25, 0.3) is 10.1 Å². The number of hydrogen-bond donors (Lipinski definition) is 2. The molecule has 0 spiro atoms. The fourth-order valence-electron chi connectivity index (χ4n) is 0.463. The van der Waals surface area contributed by atoms with E-state index in [-0.39, 0.29) is 68.4 Å². The number of rotatable bonds is 5. The molecule has 0 aromatic heterocycles. The van der Waals surface area contributed by atoms with E-state index in [9.17, 15) is 13.2 Å². The van der Waals surface area contributed by atoms with Crippen LogP contribution in [0.4, 0.5) is 0 Å². The maximum atomic E-state index is 10.6. The van der Waals surface area contributed by atoms with Gasteiger partial charge in [-0.05, 0) is 0 Å². The first-order valence-electron chi connectivity index (χ1n) is 3.08. The van der Waals surface area contributed by atoms with Gasteiger partial charge in [0.1, 0.15) is 0 Å². The van der Waals surface area contributed by atoms with E-state index in [1.807, 2.05) is 0 Å².